The number of carbonyl (C=O) groups is 1. The van der Waals surface area contributed by atoms with E-state index in [1.54, 1.807) is 0 Å². The third kappa shape index (κ3) is 3.29. The van der Waals surface area contributed by atoms with Crippen molar-refractivity contribution in [1.82, 2.24) is 0 Å². The average molecular weight is 210 g/mol. The minimum Gasteiger partial charge on any atom is -0.394 e. The SMILES string of the molecule is O=C[C@H](O)[C@H](O)C(O)[C@@H](O)[C@H](O)CO. The lowest BCUT2D eigenvalue weighted by Gasteiger charge is -2.26. The Morgan fingerprint density at radius 1 is 0.929 bits per heavy atom. The van der Waals surface area contributed by atoms with Crippen LogP contribution < -0.4 is 0 Å². The summed E-state index contributed by atoms with van der Waals surface area (Å²) in [5.41, 5.74) is 0. The quantitative estimate of drug-likeness (QED) is 0.245. The first kappa shape index (κ1) is 13.4. The molecule has 7 nitrogen and oxygen atoms in total. The van der Waals surface area contributed by atoms with Crippen molar-refractivity contribution in [2.75, 3.05) is 6.61 Å². The second kappa shape index (κ2) is 6.02. The number of aliphatic hydroxyl groups excluding tert-OH is 6. The van der Waals surface area contributed by atoms with Gasteiger partial charge in [0.1, 0.15) is 30.5 Å². The molecular weight excluding hydrogens is 196 g/mol. The molecule has 0 heterocycles. The average Bonchev–Trinajstić information content (AvgIpc) is 2.23. The van der Waals surface area contributed by atoms with Crippen LogP contribution >= 0.6 is 0 Å². The van der Waals surface area contributed by atoms with Gasteiger partial charge in [-0.15, -0.1) is 0 Å². The summed E-state index contributed by atoms with van der Waals surface area (Å²) >= 11 is 0. The maximum Gasteiger partial charge on any atom is 0.151 e. The van der Waals surface area contributed by atoms with Crippen molar-refractivity contribution in [3.05, 3.63) is 0 Å². The molecule has 0 spiro atoms. The van der Waals surface area contributed by atoms with Gasteiger partial charge in [0.2, 0.25) is 0 Å². The summed E-state index contributed by atoms with van der Waals surface area (Å²) in [5, 5.41) is 53.2. The first-order valence-corrected chi connectivity index (χ1v) is 3.92. The summed E-state index contributed by atoms with van der Waals surface area (Å²) in [5.74, 6) is 0. The zero-order chi connectivity index (χ0) is 11.3. The van der Waals surface area contributed by atoms with Crippen molar-refractivity contribution in [1.29, 1.82) is 0 Å². The lowest BCUT2D eigenvalue weighted by molar-refractivity contribution is -0.147. The van der Waals surface area contributed by atoms with Gasteiger partial charge in [-0.2, -0.15) is 0 Å². The van der Waals surface area contributed by atoms with Crippen molar-refractivity contribution in [2.24, 2.45) is 0 Å². The first-order valence-electron chi connectivity index (χ1n) is 3.92. The minimum atomic E-state index is -1.92. The van der Waals surface area contributed by atoms with E-state index in [-0.39, 0.29) is 6.29 Å². The van der Waals surface area contributed by atoms with Gasteiger partial charge in [-0.05, 0) is 0 Å². The normalized spacial score (nSPS) is 22.1. The van der Waals surface area contributed by atoms with Gasteiger partial charge in [0, 0.05) is 0 Å². The fourth-order valence-corrected chi connectivity index (χ4v) is 0.820. The van der Waals surface area contributed by atoms with Crippen molar-refractivity contribution < 1.29 is 35.4 Å². The van der Waals surface area contributed by atoms with Gasteiger partial charge < -0.3 is 35.4 Å². The van der Waals surface area contributed by atoms with Crippen molar-refractivity contribution >= 4 is 6.29 Å². The second-order valence-electron chi connectivity index (χ2n) is 2.85. The number of aliphatic hydroxyl groups is 6. The molecular formula is C7H14O7. The molecule has 0 aliphatic carbocycles. The van der Waals surface area contributed by atoms with Gasteiger partial charge in [-0.3, -0.25) is 0 Å². The standard InChI is InChI=1S/C7H14O7/c8-1-3(10)5(12)7(14)6(13)4(11)2-9/h1,3-7,9-14H,2H2/t3-,4+,5-,6-,7?/m0/s1. The molecule has 0 aromatic rings. The predicted octanol–water partition coefficient (Wildman–Crippen LogP) is -4.02. The maximum atomic E-state index is 10.00. The van der Waals surface area contributed by atoms with Crippen molar-refractivity contribution in [3.8, 4) is 0 Å². The van der Waals surface area contributed by atoms with E-state index in [1.165, 1.54) is 0 Å². The van der Waals surface area contributed by atoms with Gasteiger partial charge in [0.05, 0.1) is 6.61 Å². The second-order valence-corrected chi connectivity index (χ2v) is 2.85. The Hall–Kier alpha value is -0.570. The molecule has 0 aromatic heterocycles. The highest BCUT2D eigenvalue weighted by molar-refractivity contribution is 5.56. The highest BCUT2D eigenvalue weighted by Crippen LogP contribution is 2.07. The fraction of sp³-hybridized carbons (Fsp3) is 0.857. The zero-order valence-electron chi connectivity index (χ0n) is 7.26. The van der Waals surface area contributed by atoms with E-state index >= 15 is 0 Å². The third-order valence-electron chi connectivity index (χ3n) is 1.77. The number of aldehydes is 1. The Bertz CT molecular complexity index is 173. The number of hydrogen-bond acceptors (Lipinski definition) is 7. The van der Waals surface area contributed by atoms with Crippen LogP contribution in [0, 0.1) is 0 Å². The summed E-state index contributed by atoms with van der Waals surface area (Å²) in [4.78, 5) is 10.00. The van der Waals surface area contributed by atoms with Crippen molar-refractivity contribution in [3.63, 3.8) is 0 Å². The summed E-state index contributed by atoms with van der Waals surface area (Å²) in [6.07, 6.45) is -9.21. The van der Waals surface area contributed by atoms with Gasteiger partial charge in [0.15, 0.2) is 6.29 Å². The fourth-order valence-electron chi connectivity index (χ4n) is 0.820. The van der Waals surface area contributed by atoms with Crippen LogP contribution in [0.25, 0.3) is 0 Å². The van der Waals surface area contributed by atoms with Gasteiger partial charge in [-0.1, -0.05) is 0 Å². The van der Waals surface area contributed by atoms with E-state index in [1.807, 2.05) is 0 Å². The molecule has 0 saturated carbocycles. The van der Waals surface area contributed by atoms with E-state index in [0.29, 0.717) is 0 Å². The molecule has 0 aliphatic heterocycles. The third-order valence-corrected chi connectivity index (χ3v) is 1.77. The monoisotopic (exact) mass is 210 g/mol. The molecule has 5 atom stereocenters. The van der Waals surface area contributed by atoms with E-state index in [0.717, 1.165) is 0 Å². The Balaban J connectivity index is 4.29. The van der Waals surface area contributed by atoms with E-state index in [9.17, 15) is 4.79 Å². The van der Waals surface area contributed by atoms with Crippen LogP contribution in [0.5, 0.6) is 0 Å². The van der Waals surface area contributed by atoms with Gasteiger partial charge in [-0.25, -0.2) is 0 Å². The molecule has 0 saturated heterocycles. The smallest absolute Gasteiger partial charge is 0.151 e. The molecule has 84 valence electrons. The van der Waals surface area contributed by atoms with Crippen LogP contribution in [-0.2, 0) is 4.79 Å². The molecule has 14 heavy (non-hydrogen) atoms. The van der Waals surface area contributed by atoms with Crippen LogP contribution in [-0.4, -0.2) is 74.1 Å². The lowest BCUT2D eigenvalue weighted by Crippen LogP contribution is -2.50. The molecule has 7 heteroatoms. The Morgan fingerprint density at radius 3 is 1.79 bits per heavy atom. The van der Waals surface area contributed by atoms with Gasteiger partial charge in [0.25, 0.3) is 0 Å². The van der Waals surface area contributed by atoms with Gasteiger partial charge >= 0.3 is 0 Å². The number of rotatable bonds is 6. The molecule has 6 N–H and O–H groups in total. The highest BCUT2D eigenvalue weighted by atomic mass is 16.4. The van der Waals surface area contributed by atoms with Crippen LogP contribution in [0.1, 0.15) is 0 Å². The summed E-state index contributed by atoms with van der Waals surface area (Å²) < 4.78 is 0. The van der Waals surface area contributed by atoms with Crippen LogP contribution in [0.4, 0.5) is 0 Å². The molecule has 0 fully saturated rings. The Kier molecular flexibility index (Phi) is 5.77. The van der Waals surface area contributed by atoms with E-state index in [4.69, 9.17) is 30.6 Å². The summed E-state index contributed by atoms with van der Waals surface area (Å²) in [6, 6.07) is 0. The Labute approximate surface area is 79.9 Å². The predicted molar refractivity (Wildman–Crippen MR) is 43.2 cm³/mol. The van der Waals surface area contributed by atoms with Crippen LogP contribution in [0.3, 0.4) is 0 Å². The van der Waals surface area contributed by atoms with Crippen LogP contribution in [0.15, 0.2) is 0 Å². The molecule has 0 rings (SSSR count). The number of hydrogen-bond donors (Lipinski definition) is 6. The Morgan fingerprint density at radius 2 is 1.43 bits per heavy atom. The highest BCUT2D eigenvalue weighted by Gasteiger charge is 2.33. The van der Waals surface area contributed by atoms with E-state index in [2.05, 4.69) is 0 Å². The molecule has 0 bridgehead atoms. The van der Waals surface area contributed by atoms with Crippen molar-refractivity contribution in [2.45, 2.75) is 30.5 Å². The molecule has 0 amide bonds. The summed E-state index contributed by atoms with van der Waals surface area (Å²) in [7, 11) is 0. The first-order chi connectivity index (χ1) is 6.45. The van der Waals surface area contributed by atoms with E-state index < -0.39 is 37.1 Å². The summed E-state index contributed by atoms with van der Waals surface area (Å²) in [6.45, 7) is -0.817. The largest absolute Gasteiger partial charge is 0.394 e. The molecule has 0 radical (unpaired) electrons. The van der Waals surface area contributed by atoms with Crippen LogP contribution in [0.2, 0.25) is 0 Å². The topological polar surface area (TPSA) is 138 Å². The number of carbonyl (C=O) groups excluding carboxylic acids is 1. The molecule has 1 unspecified atom stereocenters. The molecule has 0 aromatic carbocycles. The lowest BCUT2D eigenvalue weighted by atomic mass is 10.0. The molecule has 0 aliphatic rings. The maximum absolute atomic E-state index is 10.00. The zero-order valence-corrected chi connectivity index (χ0v) is 7.26. The minimum absolute atomic E-state index is 0.0219.